The monoisotopic (exact) mass is 269 g/mol. The van der Waals surface area contributed by atoms with Gasteiger partial charge in [-0.15, -0.1) is 11.6 Å². The van der Waals surface area contributed by atoms with Crippen LogP contribution in [0.3, 0.4) is 0 Å². The van der Waals surface area contributed by atoms with E-state index < -0.39 is 0 Å². The zero-order valence-electron chi connectivity index (χ0n) is 10.9. The summed E-state index contributed by atoms with van der Waals surface area (Å²) in [6.45, 7) is 4.26. The lowest BCUT2D eigenvalue weighted by atomic mass is 10.2. The van der Waals surface area contributed by atoms with Crippen molar-refractivity contribution >= 4 is 17.5 Å². The maximum Gasteiger partial charge on any atom is 0.223 e. The Balaban J connectivity index is 2.17. The van der Waals surface area contributed by atoms with Crippen molar-refractivity contribution in [2.24, 2.45) is 0 Å². The van der Waals surface area contributed by atoms with Crippen LogP contribution in [-0.4, -0.2) is 23.9 Å². The average molecular weight is 270 g/mol. The number of hydrogen-bond acceptors (Lipinski definition) is 2. The highest BCUT2D eigenvalue weighted by molar-refractivity contribution is 6.20. The molecule has 0 aromatic heterocycles. The molecule has 1 amide bonds. The minimum Gasteiger partial charge on any atom is -0.493 e. The van der Waals surface area contributed by atoms with Crippen LogP contribution in [0.2, 0.25) is 0 Å². The first-order chi connectivity index (χ1) is 8.58. The Morgan fingerprint density at radius 2 is 2.00 bits per heavy atom. The van der Waals surface area contributed by atoms with Crippen LogP contribution in [0.4, 0.5) is 0 Å². The average Bonchev–Trinajstić information content (AvgIpc) is 2.29. The zero-order valence-corrected chi connectivity index (χ0v) is 11.6. The molecule has 0 radical (unpaired) electrons. The van der Waals surface area contributed by atoms with Gasteiger partial charge in [-0.1, -0.05) is 18.2 Å². The van der Waals surface area contributed by atoms with E-state index in [4.69, 9.17) is 16.3 Å². The van der Waals surface area contributed by atoms with Crippen LogP contribution < -0.4 is 10.1 Å². The fourth-order valence-corrected chi connectivity index (χ4v) is 1.94. The third kappa shape index (κ3) is 6.50. The number of ether oxygens (including phenoxy) is 1. The van der Waals surface area contributed by atoms with Crippen molar-refractivity contribution in [3.8, 4) is 5.75 Å². The number of benzene rings is 1. The number of rotatable bonds is 7. The second-order valence-electron chi connectivity index (χ2n) is 4.40. The van der Waals surface area contributed by atoms with E-state index in [-0.39, 0.29) is 17.3 Å². The summed E-state index contributed by atoms with van der Waals surface area (Å²) in [5, 5.41) is 2.96. The summed E-state index contributed by atoms with van der Waals surface area (Å²) < 4.78 is 5.45. The van der Waals surface area contributed by atoms with Crippen molar-refractivity contribution in [2.45, 2.75) is 38.1 Å². The summed E-state index contributed by atoms with van der Waals surface area (Å²) >= 11 is 5.86. The minimum atomic E-state index is -0.00394. The van der Waals surface area contributed by atoms with Gasteiger partial charge in [0.25, 0.3) is 0 Å². The molecule has 0 fully saturated rings. The summed E-state index contributed by atoms with van der Waals surface area (Å²) in [7, 11) is 0. The molecule has 100 valence electrons. The van der Waals surface area contributed by atoms with Crippen molar-refractivity contribution in [1.29, 1.82) is 0 Å². The number of carbonyl (C=O) groups excluding carboxylic acids is 1. The molecule has 2 unspecified atom stereocenters. The summed E-state index contributed by atoms with van der Waals surface area (Å²) in [6, 6.07) is 9.57. The Morgan fingerprint density at radius 3 is 2.61 bits per heavy atom. The molecule has 3 nitrogen and oxygen atoms in total. The maximum atomic E-state index is 11.6. The van der Waals surface area contributed by atoms with E-state index in [1.807, 2.05) is 44.2 Å². The number of alkyl halides is 1. The minimum absolute atomic E-state index is 0.00394. The lowest BCUT2D eigenvalue weighted by molar-refractivity contribution is -0.122. The Bertz CT molecular complexity index is 354. The zero-order chi connectivity index (χ0) is 13.4. The smallest absolute Gasteiger partial charge is 0.223 e. The molecule has 0 aliphatic heterocycles. The van der Waals surface area contributed by atoms with Crippen LogP contribution in [0.15, 0.2) is 30.3 Å². The largest absolute Gasteiger partial charge is 0.493 e. The summed E-state index contributed by atoms with van der Waals surface area (Å²) in [5.41, 5.74) is 0. The van der Waals surface area contributed by atoms with Crippen molar-refractivity contribution in [3.63, 3.8) is 0 Å². The van der Waals surface area contributed by atoms with Crippen LogP contribution in [0.5, 0.6) is 5.75 Å². The number of halogens is 1. The lowest BCUT2D eigenvalue weighted by Crippen LogP contribution is -2.34. The van der Waals surface area contributed by atoms with E-state index in [2.05, 4.69) is 5.32 Å². The number of amides is 1. The second kappa shape index (κ2) is 7.98. The highest BCUT2D eigenvalue weighted by Crippen LogP contribution is 2.08. The van der Waals surface area contributed by atoms with Crippen LogP contribution in [0.1, 0.15) is 26.7 Å². The van der Waals surface area contributed by atoms with Crippen LogP contribution in [-0.2, 0) is 4.79 Å². The predicted octanol–water partition coefficient (Wildman–Crippen LogP) is 2.98. The Morgan fingerprint density at radius 1 is 1.33 bits per heavy atom. The third-order valence-corrected chi connectivity index (χ3v) is 2.60. The topological polar surface area (TPSA) is 38.3 Å². The molecular formula is C14H20ClNO2. The van der Waals surface area contributed by atoms with Gasteiger partial charge in [-0.05, 0) is 32.4 Å². The van der Waals surface area contributed by atoms with E-state index in [0.29, 0.717) is 13.0 Å². The van der Waals surface area contributed by atoms with Gasteiger partial charge in [0.1, 0.15) is 5.75 Å². The standard InChI is InChI=1S/C14H20ClNO2/c1-11(15)10-12(2)16-14(17)8-9-18-13-6-4-3-5-7-13/h3-7,11-12H,8-10H2,1-2H3,(H,16,17). The van der Waals surface area contributed by atoms with Crippen molar-refractivity contribution < 1.29 is 9.53 Å². The molecule has 4 heteroatoms. The van der Waals surface area contributed by atoms with Crippen molar-refractivity contribution in [2.75, 3.05) is 6.61 Å². The molecule has 0 aliphatic carbocycles. The molecule has 0 saturated heterocycles. The molecule has 1 aromatic carbocycles. The van der Waals surface area contributed by atoms with Gasteiger partial charge in [-0.3, -0.25) is 4.79 Å². The SMILES string of the molecule is CC(Cl)CC(C)NC(=O)CCOc1ccccc1. The lowest BCUT2D eigenvalue weighted by Gasteiger charge is -2.15. The molecule has 0 bridgehead atoms. The molecule has 2 atom stereocenters. The highest BCUT2D eigenvalue weighted by atomic mass is 35.5. The molecule has 0 aliphatic rings. The van der Waals surface area contributed by atoms with Gasteiger partial charge in [-0.2, -0.15) is 0 Å². The number of carbonyl (C=O) groups is 1. The fraction of sp³-hybridized carbons (Fsp3) is 0.500. The van der Waals surface area contributed by atoms with Gasteiger partial charge in [0.15, 0.2) is 0 Å². The van der Waals surface area contributed by atoms with Gasteiger partial charge in [0, 0.05) is 11.4 Å². The molecule has 0 spiro atoms. The van der Waals surface area contributed by atoms with Gasteiger partial charge in [-0.25, -0.2) is 0 Å². The predicted molar refractivity (Wildman–Crippen MR) is 74.1 cm³/mol. The normalized spacial score (nSPS) is 13.7. The Kier molecular flexibility index (Phi) is 6.58. The van der Waals surface area contributed by atoms with Gasteiger partial charge < -0.3 is 10.1 Å². The number of para-hydroxylation sites is 1. The highest BCUT2D eigenvalue weighted by Gasteiger charge is 2.09. The summed E-state index contributed by atoms with van der Waals surface area (Å²) in [6.07, 6.45) is 1.13. The molecule has 0 heterocycles. The number of nitrogens with one attached hydrogen (secondary N) is 1. The van der Waals surface area contributed by atoms with E-state index in [1.165, 1.54) is 0 Å². The van der Waals surface area contributed by atoms with Crippen molar-refractivity contribution in [3.05, 3.63) is 30.3 Å². The van der Waals surface area contributed by atoms with Crippen LogP contribution in [0, 0.1) is 0 Å². The summed E-state index contributed by atoms with van der Waals surface area (Å²) in [4.78, 5) is 11.6. The van der Waals surface area contributed by atoms with Crippen molar-refractivity contribution in [1.82, 2.24) is 5.32 Å². The molecule has 1 aromatic rings. The van der Waals surface area contributed by atoms with E-state index >= 15 is 0 Å². The first kappa shape index (κ1) is 14.8. The van der Waals surface area contributed by atoms with Gasteiger partial charge in [0.2, 0.25) is 5.91 Å². The first-order valence-corrected chi connectivity index (χ1v) is 6.63. The van der Waals surface area contributed by atoms with Gasteiger partial charge >= 0.3 is 0 Å². The fourth-order valence-electron chi connectivity index (χ4n) is 1.67. The maximum absolute atomic E-state index is 11.6. The quantitative estimate of drug-likeness (QED) is 0.773. The first-order valence-electron chi connectivity index (χ1n) is 6.19. The molecule has 18 heavy (non-hydrogen) atoms. The molecule has 1 N–H and O–H groups in total. The third-order valence-electron chi connectivity index (χ3n) is 2.43. The molecular weight excluding hydrogens is 250 g/mol. The van der Waals surface area contributed by atoms with Gasteiger partial charge in [0.05, 0.1) is 13.0 Å². The van der Waals surface area contributed by atoms with Crippen LogP contribution in [0.25, 0.3) is 0 Å². The Hall–Kier alpha value is -1.22. The van der Waals surface area contributed by atoms with E-state index in [9.17, 15) is 4.79 Å². The summed E-state index contributed by atoms with van der Waals surface area (Å²) in [5.74, 6) is 0.781. The Labute approximate surface area is 113 Å². The molecule has 1 rings (SSSR count). The van der Waals surface area contributed by atoms with Crippen LogP contribution >= 0.6 is 11.6 Å². The number of hydrogen-bond donors (Lipinski definition) is 1. The second-order valence-corrected chi connectivity index (χ2v) is 5.14. The molecule has 0 saturated carbocycles. The van der Waals surface area contributed by atoms with E-state index in [0.717, 1.165) is 12.2 Å². The van der Waals surface area contributed by atoms with E-state index in [1.54, 1.807) is 0 Å².